The monoisotopic (exact) mass is 298 g/mol. The molecule has 6 N–H and O–H groups in total. The van der Waals surface area contributed by atoms with Gasteiger partial charge in [0.15, 0.2) is 0 Å². The van der Waals surface area contributed by atoms with E-state index in [1.165, 1.54) is 0 Å². The Hall–Kier alpha value is -0.440. The topological polar surface area (TPSA) is 127 Å². The second kappa shape index (κ2) is 13.0. The Bertz CT molecular complexity index is 242. The molecule has 0 bridgehead atoms. The van der Waals surface area contributed by atoms with Gasteiger partial charge in [-0.25, -0.2) is 0 Å². The zero-order valence-electron chi connectivity index (χ0n) is 10.4. The van der Waals surface area contributed by atoms with Gasteiger partial charge in [0.2, 0.25) is 0 Å². The van der Waals surface area contributed by atoms with Gasteiger partial charge >= 0.3 is 11.9 Å². The molecule has 8 heteroatoms. The summed E-state index contributed by atoms with van der Waals surface area (Å²) < 4.78 is 0. The highest BCUT2D eigenvalue weighted by molar-refractivity contribution is 7.99. The van der Waals surface area contributed by atoms with Crippen molar-refractivity contribution in [2.24, 2.45) is 11.5 Å². The maximum absolute atomic E-state index is 10.2. The van der Waals surface area contributed by atoms with Crippen molar-refractivity contribution in [3.8, 4) is 0 Å². The highest BCUT2D eigenvalue weighted by atomic mass is 32.2. The quantitative estimate of drug-likeness (QED) is 0.321. The smallest absolute Gasteiger partial charge is 0.320 e. The van der Waals surface area contributed by atoms with Crippen molar-refractivity contribution < 1.29 is 19.8 Å². The summed E-state index contributed by atoms with van der Waals surface area (Å²) in [6.07, 6.45) is 0.992. The second-order valence-corrected chi connectivity index (χ2v) is 5.23. The summed E-state index contributed by atoms with van der Waals surface area (Å²) in [5.41, 5.74) is 10.3. The van der Waals surface area contributed by atoms with Crippen LogP contribution in [0.15, 0.2) is 0 Å². The average molecular weight is 298 g/mol. The first-order valence-corrected chi connectivity index (χ1v) is 7.30. The van der Waals surface area contributed by atoms with Gasteiger partial charge in [0.05, 0.1) is 0 Å². The molecule has 0 aromatic heterocycles. The van der Waals surface area contributed by atoms with Gasteiger partial charge in [-0.05, 0) is 30.1 Å². The third-order valence-electron chi connectivity index (χ3n) is 1.85. The maximum atomic E-state index is 10.2. The van der Waals surface area contributed by atoms with Gasteiger partial charge in [0.25, 0.3) is 0 Å². The van der Waals surface area contributed by atoms with Crippen LogP contribution in [-0.4, -0.2) is 51.5 Å². The molecular weight excluding hydrogens is 276 g/mol. The van der Waals surface area contributed by atoms with E-state index in [2.05, 4.69) is 12.6 Å². The molecule has 0 radical (unpaired) electrons. The lowest BCUT2D eigenvalue weighted by atomic mass is 10.2. The normalized spacial score (nSPS) is 13.1. The summed E-state index contributed by atoms with van der Waals surface area (Å²) in [5.74, 6) is 0.514. The number of rotatable bonds is 8. The number of hydrogen-bond acceptors (Lipinski definition) is 6. The lowest BCUT2D eigenvalue weighted by Gasteiger charge is -2.03. The number of aliphatic carboxylic acids is 2. The Kier molecular flexibility index (Phi) is 14.4. The van der Waals surface area contributed by atoms with Crippen LogP contribution in [0.1, 0.15) is 19.8 Å². The van der Waals surface area contributed by atoms with Gasteiger partial charge in [-0.1, -0.05) is 6.92 Å². The minimum atomic E-state index is -0.959. The zero-order valence-corrected chi connectivity index (χ0v) is 12.1. The van der Waals surface area contributed by atoms with Gasteiger partial charge in [-0.15, -0.1) is 0 Å². The third kappa shape index (κ3) is 13.6. The first-order valence-electron chi connectivity index (χ1n) is 5.52. The second-order valence-electron chi connectivity index (χ2n) is 3.39. The highest BCUT2D eigenvalue weighted by Crippen LogP contribution is 2.02. The highest BCUT2D eigenvalue weighted by Gasteiger charge is 2.09. The van der Waals surface area contributed by atoms with E-state index in [0.29, 0.717) is 18.6 Å². The fourth-order valence-corrected chi connectivity index (χ4v) is 1.73. The van der Waals surface area contributed by atoms with E-state index in [-0.39, 0.29) is 0 Å². The summed E-state index contributed by atoms with van der Waals surface area (Å²) >= 11 is 5.52. The lowest BCUT2D eigenvalue weighted by molar-refractivity contribution is -0.139. The van der Waals surface area contributed by atoms with E-state index < -0.39 is 24.0 Å². The summed E-state index contributed by atoms with van der Waals surface area (Å²) in [5, 5.41) is 16.5. The molecule has 0 heterocycles. The molecule has 0 aliphatic heterocycles. The molecule has 0 saturated heterocycles. The van der Waals surface area contributed by atoms with Crippen LogP contribution in [0, 0.1) is 0 Å². The fourth-order valence-electron chi connectivity index (χ4n) is 0.741. The van der Waals surface area contributed by atoms with Crippen molar-refractivity contribution in [3.63, 3.8) is 0 Å². The molecule has 6 nitrogen and oxygen atoms in total. The Balaban J connectivity index is 0. The number of carboxylic acid groups (broad SMARTS) is 2. The molecule has 0 spiro atoms. The van der Waals surface area contributed by atoms with Crippen molar-refractivity contribution in [1.82, 2.24) is 0 Å². The average Bonchev–Trinajstić information content (AvgIpc) is 2.30. The molecule has 0 unspecified atom stereocenters. The first-order chi connectivity index (χ1) is 8.36. The number of carboxylic acids is 2. The molecular formula is C10H22N2O4S2. The number of carbonyl (C=O) groups is 2. The Labute approximate surface area is 117 Å². The largest absolute Gasteiger partial charge is 0.480 e. The van der Waals surface area contributed by atoms with E-state index in [1.54, 1.807) is 11.8 Å². The van der Waals surface area contributed by atoms with Crippen LogP contribution in [0.5, 0.6) is 0 Å². The van der Waals surface area contributed by atoms with Crippen LogP contribution in [0.3, 0.4) is 0 Å². The van der Waals surface area contributed by atoms with E-state index in [0.717, 1.165) is 11.5 Å². The van der Waals surface area contributed by atoms with Gasteiger partial charge in [-0.3, -0.25) is 9.59 Å². The van der Waals surface area contributed by atoms with Gasteiger partial charge in [0.1, 0.15) is 12.1 Å². The predicted molar refractivity (Wildman–Crippen MR) is 77.3 cm³/mol. The van der Waals surface area contributed by atoms with E-state index >= 15 is 0 Å². The van der Waals surface area contributed by atoms with Crippen LogP contribution in [0.25, 0.3) is 0 Å². The summed E-state index contributed by atoms with van der Waals surface area (Å²) in [6, 6.07) is -1.42. The summed E-state index contributed by atoms with van der Waals surface area (Å²) in [7, 11) is 0. The van der Waals surface area contributed by atoms with Crippen molar-refractivity contribution in [2.75, 3.05) is 17.3 Å². The maximum Gasteiger partial charge on any atom is 0.320 e. The SMILES string of the molecule is CCSCC[C@H](N)C(=O)O.N[C@@H](CCS)C(=O)O. The summed E-state index contributed by atoms with van der Waals surface area (Å²) in [6.45, 7) is 2.04. The molecule has 2 atom stereocenters. The third-order valence-corrected chi connectivity index (χ3v) is 3.04. The molecule has 0 aliphatic carbocycles. The number of thioether (sulfide) groups is 1. The summed E-state index contributed by atoms with van der Waals surface area (Å²) in [4.78, 5) is 20.1. The molecule has 18 heavy (non-hydrogen) atoms. The van der Waals surface area contributed by atoms with Crippen LogP contribution >= 0.6 is 24.4 Å². The first kappa shape index (κ1) is 19.9. The van der Waals surface area contributed by atoms with E-state index in [9.17, 15) is 9.59 Å². The number of hydrogen-bond donors (Lipinski definition) is 5. The molecule has 0 rings (SSSR count). The minimum absolute atomic E-state index is 0.429. The molecule has 0 aromatic rings. The molecule has 0 aromatic carbocycles. The van der Waals surface area contributed by atoms with Gasteiger partial charge in [0, 0.05) is 0 Å². The van der Waals surface area contributed by atoms with Gasteiger partial charge in [-0.2, -0.15) is 24.4 Å². The number of thiol groups is 1. The molecule has 0 aliphatic rings. The van der Waals surface area contributed by atoms with Crippen molar-refractivity contribution in [2.45, 2.75) is 31.8 Å². The lowest BCUT2D eigenvalue weighted by Crippen LogP contribution is -2.30. The Morgan fingerprint density at radius 3 is 1.89 bits per heavy atom. The Morgan fingerprint density at radius 2 is 1.61 bits per heavy atom. The fraction of sp³-hybridized carbons (Fsp3) is 0.800. The van der Waals surface area contributed by atoms with Crippen LogP contribution in [0.2, 0.25) is 0 Å². The minimum Gasteiger partial charge on any atom is -0.480 e. The van der Waals surface area contributed by atoms with Crippen LogP contribution in [-0.2, 0) is 9.59 Å². The zero-order chi connectivity index (χ0) is 14.6. The molecule has 0 saturated carbocycles. The van der Waals surface area contributed by atoms with Crippen molar-refractivity contribution in [1.29, 1.82) is 0 Å². The predicted octanol–water partition coefficient (Wildman–Crippen LogP) is 0.260. The molecule has 108 valence electrons. The van der Waals surface area contributed by atoms with E-state index in [4.69, 9.17) is 21.7 Å². The van der Waals surface area contributed by atoms with Crippen molar-refractivity contribution >= 4 is 36.3 Å². The molecule has 0 fully saturated rings. The Morgan fingerprint density at radius 1 is 1.17 bits per heavy atom. The van der Waals surface area contributed by atoms with Crippen LogP contribution in [0.4, 0.5) is 0 Å². The number of nitrogens with two attached hydrogens (primary N) is 2. The van der Waals surface area contributed by atoms with E-state index in [1.807, 2.05) is 6.92 Å². The van der Waals surface area contributed by atoms with Crippen molar-refractivity contribution in [3.05, 3.63) is 0 Å². The van der Waals surface area contributed by atoms with Crippen LogP contribution < -0.4 is 11.5 Å². The standard InChI is InChI=1S/C6H13NO2S.C4H9NO2S/c1-2-10-4-3-5(7)6(8)9;5-3(1-2-8)4(6)7/h5H,2-4,7H2,1H3,(H,8,9);3,8H,1-2,5H2,(H,6,7)/t5-;3-/m00/s1. The molecule has 0 amide bonds. The van der Waals surface area contributed by atoms with Gasteiger partial charge < -0.3 is 21.7 Å².